The molecule has 2 aromatic rings. The second-order valence-corrected chi connectivity index (χ2v) is 5.69. The highest BCUT2D eigenvalue weighted by Crippen LogP contribution is 2.30. The van der Waals surface area contributed by atoms with Crippen molar-refractivity contribution in [2.24, 2.45) is 5.92 Å². The molecule has 0 spiro atoms. The summed E-state index contributed by atoms with van der Waals surface area (Å²) in [5, 5.41) is 6.07. The van der Waals surface area contributed by atoms with Gasteiger partial charge in [0.1, 0.15) is 5.00 Å². The van der Waals surface area contributed by atoms with Crippen molar-refractivity contribution in [3.8, 4) is 0 Å². The lowest BCUT2D eigenvalue weighted by molar-refractivity contribution is 0.0623. The van der Waals surface area contributed by atoms with Crippen molar-refractivity contribution in [1.82, 2.24) is 4.37 Å². The first-order valence-corrected chi connectivity index (χ1v) is 7.30. The van der Waals surface area contributed by atoms with E-state index in [0.717, 1.165) is 31.6 Å². The second-order valence-electron chi connectivity index (χ2n) is 4.91. The molecule has 1 aromatic heterocycles. The molecule has 3 nitrogen and oxygen atoms in total. The van der Waals surface area contributed by atoms with E-state index in [-0.39, 0.29) is 0 Å². The van der Waals surface area contributed by atoms with Crippen molar-refractivity contribution >= 4 is 27.4 Å². The van der Waals surface area contributed by atoms with E-state index in [1.54, 1.807) is 11.5 Å². The Labute approximate surface area is 111 Å². The van der Waals surface area contributed by atoms with E-state index in [1.807, 2.05) is 6.07 Å². The fraction of sp³-hybridized carbons (Fsp3) is 0.500. The minimum atomic E-state index is 0.484. The third-order valence-electron chi connectivity index (χ3n) is 3.72. The van der Waals surface area contributed by atoms with E-state index in [9.17, 15) is 0 Å². The largest absolute Gasteiger partial charge is 0.381 e. The van der Waals surface area contributed by atoms with Crippen molar-refractivity contribution in [1.29, 1.82) is 0 Å². The van der Waals surface area contributed by atoms with Gasteiger partial charge < -0.3 is 10.1 Å². The fourth-order valence-corrected chi connectivity index (χ4v) is 3.39. The number of hydrogen-bond donors (Lipinski definition) is 1. The molecule has 1 aliphatic rings. The molecular formula is C14H18N2OS. The Balaban J connectivity index is 1.75. The molecule has 0 amide bonds. The van der Waals surface area contributed by atoms with E-state index in [1.165, 1.54) is 10.4 Å². The third-order valence-corrected chi connectivity index (χ3v) is 4.52. The first-order chi connectivity index (χ1) is 8.84. The summed E-state index contributed by atoms with van der Waals surface area (Å²) < 4.78 is 9.89. The van der Waals surface area contributed by atoms with Gasteiger partial charge >= 0.3 is 0 Å². The number of aromatic nitrogens is 1. The molecule has 1 saturated heterocycles. The summed E-state index contributed by atoms with van der Waals surface area (Å²) in [7, 11) is 0. The zero-order valence-corrected chi connectivity index (χ0v) is 11.4. The Kier molecular flexibility index (Phi) is 3.48. The smallest absolute Gasteiger partial charge is 0.117 e. The Morgan fingerprint density at radius 3 is 2.94 bits per heavy atom. The van der Waals surface area contributed by atoms with Gasteiger partial charge in [-0.3, -0.25) is 0 Å². The minimum Gasteiger partial charge on any atom is -0.381 e. The molecule has 2 heterocycles. The summed E-state index contributed by atoms with van der Waals surface area (Å²) >= 11 is 1.56. The van der Waals surface area contributed by atoms with Crippen molar-refractivity contribution in [3.05, 3.63) is 24.3 Å². The van der Waals surface area contributed by atoms with Gasteiger partial charge in [-0.2, -0.15) is 4.37 Å². The van der Waals surface area contributed by atoms with E-state index >= 15 is 0 Å². The first kappa shape index (κ1) is 11.9. The number of ether oxygens (including phenoxy) is 1. The highest BCUT2D eigenvalue weighted by molar-refractivity contribution is 7.11. The molecule has 0 aliphatic carbocycles. The minimum absolute atomic E-state index is 0.484. The molecule has 0 saturated carbocycles. The van der Waals surface area contributed by atoms with E-state index in [4.69, 9.17) is 4.74 Å². The Bertz CT molecular complexity index is 519. The van der Waals surface area contributed by atoms with Gasteiger partial charge in [0.15, 0.2) is 0 Å². The number of nitrogens with zero attached hydrogens (tertiary/aromatic N) is 1. The molecule has 18 heavy (non-hydrogen) atoms. The van der Waals surface area contributed by atoms with Crippen LogP contribution in [0.3, 0.4) is 0 Å². The summed E-state index contributed by atoms with van der Waals surface area (Å²) in [4.78, 5) is 0. The van der Waals surface area contributed by atoms with Gasteiger partial charge in [0.2, 0.25) is 0 Å². The van der Waals surface area contributed by atoms with Gasteiger partial charge in [-0.1, -0.05) is 12.1 Å². The Morgan fingerprint density at radius 2 is 2.11 bits per heavy atom. The highest BCUT2D eigenvalue weighted by atomic mass is 32.1. The molecule has 1 unspecified atom stereocenters. The van der Waals surface area contributed by atoms with Crippen LogP contribution in [0.2, 0.25) is 0 Å². The van der Waals surface area contributed by atoms with Gasteiger partial charge in [-0.15, -0.1) is 0 Å². The molecule has 1 aliphatic heterocycles. The molecule has 1 aromatic carbocycles. The summed E-state index contributed by atoms with van der Waals surface area (Å²) in [6, 6.07) is 8.79. The SMILES string of the molecule is CC(Nc1snc2ccccc12)C1CCOCC1. The number of anilines is 1. The number of fused-ring (bicyclic) bond motifs is 1. The zero-order chi connectivity index (χ0) is 12.4. The number of benzene rings is 1. The molecule has 3 rings (SSSR count). The Hall–Kier alpha value is -1.13. The lowest BCUT2D eigenvalue weighted by Gasteiger charge is -2.28. The number of hydrogen-bond acceptors (Lipinski definition) is 4. The third kappa shape index (κ3) is 2.35. The van der Waals surface area contributed by atoms with Crippen LogP contribution in [0.5, 0.6) is 0 Å². The van der Waals surface area contributed by atoms with Gasteiger partial charge in [0.25, 0.3) is 0 Å². The molecular weight excluding hydrogens is 244 g/mol. The van der Waals surface area contributed by atoms with Crippen LogP contribution in [0.4, 0.5) is 5.00 Å². The van der Waals surface area contributed by atoms with Crippen LogP contribution < -0.4 is 5.32 Å². The summed E-state index contributed by atoms with van der Waals surface area (Å²) in [5.74, 6) is 0.708. The molecule has 1 N–H and O–H groups in total. The van der Waals surface area contributed by atoms with Crippen LogP contribution in [-0.2, 0) is 4.74 Å². The first-order valence-electron chi connectivity index (χ1n) is 6.53. The standard InChI is InChI=1S/C14H18N2OS/c1-10(11-6-8-17-9-7-11)15-14-12-4-2-3-5-13(12)16-18-14/h2-5,10-11,15H,6-9H2,1H3. The zero-order valence-electron chi connectivity index (χ0n) is 10.6. The Morgan fingerprint density at radius 1 is 1.33 bits per heavy atom. The van der Waals surface area contributed by atoms with Crippen LogP contribution >= 0.6 is 11.5 Å². The van der Waals surface area contributed by atoms with Crippen LogP contribution in [0.15, 0.2) is 24.3 Å². The predicted octanol–water partition coefficient (Wildman–Crippen LogP) is 3.52. The quantitative estimate of drug-likeness (QED) is 0.919. The maximum absolute atomic E-state index is 5.42. The van der Waals surface area contributed by atoms with E-state index in [0.29, 0.717) is 12.0 Å². The van der Waals surface area contributed by atoms with Crippen LogP contribution in [0, 0.1) is 5.92 Å². The highest BCUT2D eigenvalue weighted by Gasteiger charge is 2.21. The summed E-state index contributed by atoms with van der Waals surface area (Å²) in [6.45, 7) is 4.07. The normalized spacial score (nSPS) is 18.9. The second kappa shape index (κ2) is 5.24. The van der Waals surface area contributed by atoms with Crippen LogP contribution in [0.25, 0.3) is 10.9 Å². The average molecular weight is 262 g/mol. The average Bonchev–Trinajstić information content (AvgIpc) is 2.83. The van der Waals surface area contributed by atoms with Gasteiger partial charge in [0, 0.05) is 24.6 Å². The predicted molar refractivity (Wildman–Crippen MR) is 76.2 cm³/mol. The van der Waals surface area contributed by atoms with Crippen molar-refractivity contribution in [3.63, 3.8) is 0 Å². The van der Waals surface area contributed by atoms with Crippen LogP contribution in [0.1, 0.15) is 19.8 Å². The van der Waals surface area contributed by atoms with Crippen molar-refractivity contribution in [2.75, 3.05) is 18.5 Å². The van der Waals surface area contributed by atoms with E-state index in [2.05, 4.69) is 34.8 Å². The van der Waals surface area contributed by atoms with Crippen molar-refractivity contribution < 1.29 is 4.74 Å². The van der Waals surface area contributed by atoms with Crippen LogP contribution in [-0.4, -0.2) is 23.6 Å². The molecule has 0 radical (unpaired) electrons. The fourth-order valence-electron chi connectivity index (χ4n) is 2.53. The number of rotatable bonds is 3. The van der Waals surface area contributed by atoms with Crippen molar-refractivity contribution in [2.45, 2.75) is 25.8 Å². The monoisotopic (exact) mass is 262 g/mol. The number of nitrogens with one attached hydrogen (secondary N) is 1. The van der Waals surface area contributed by atoms with E-state index < -0.39 is 0 Å². The molecule has 4 heteroatoms. The maximum atomic E-state index is 5.42. The lowest BCUT2D eigenvalue weighted by Crippen LogP contribution is -2.30. The molecule has 96 valence electrons. The molecule has 1 fully saturated rings. The lowest BCUT2D eigenvalue weighted by atomic mass is 9.93. The maximum Gasteiger partial charge on any atom is 0.117 e. The topological polar surface area (TPSA) is 34.2 Å². The summed E-state index contributed by atoms with van der Waals surface area (Å²) in [5.41, 5.74) is 1.09. The summed E-state index contributed by atoms with van der Waals surface area (Å²) in [6.07, 6.45) is 2.32. The van der Waals surface area contributed by atoms with Gasteiger partial charge in [-0.25, -0.2) is 0 Å². The van der Waals surface area contributed by atoms with Gasteiger partial charge in [0.05, 0.1) is 5.52 Å². The molecule has 1 atom stereocenters. The molecule has 0 bridgehead atoms. The van der Waals surface area contributed by atoms with Gasteiger partial charge in [-0.05, 0) is 49.3 Å².